The number of rotatable bonds is 6. The van der Waals surface area contributed by atoms with E-state index in [2.05, 4.69) is 10.3 Å². The molecular weight excluding hydrogens is 362 g/mol. The summed E-state index contributed by atoms with van der Waals surface area (Å²) in [4.78, 5) is 16.5. The van der Waals surface area contributed by atoms with Crippen molar-refractivity contribution in [3.05, 3.63) is 59.9 Å². The summed E-state index contributed by atoms with van der Waals surface area (Å²) in [5.74, 6) is -0.236. The van der Waals surface area contributed by atoms with E-state index in [9.17, 15) is 13.2 Å². The summed E-state index contributed by atoms with van der Waals surface area (Å²) in [5, 5.41) is 2.83. The zero-order valence-corrected chi connectivity index (χ0v) is 16.3. The molecule has 2 heterocycles. The van der Waals surface area contributed by atoms with E-state index in [1.165, 1.54) is 12.1 Å². The monoisotopic (exact) mass is 387 g/mol. The largest absolute Gasteiger partial charge is 0.348 e. The van der Waals surface area contributed by atoms with Gasteiger partial charge in [-0.3, -0.25) is 9.78 Å². The molecule has 0 aliphatic carbocycles. The Bertz CT molecular complexity index is 867. The fourth-order valence-electron chi connectivity index (χ4n) is 3.40. The van der Waals surface area contributed by atoms with E-state index < -0.39 is 10.0 Å². The maximum absolute atomic E-state index is 13.0. The van der Waals surface area contributed by atoms with Crippen LogP contribution in [0, 0.1) is 0 Å². The molecule has 0 radical (unpaired) electrons. The average molecular weight is 388 g/mol. The average Bonchev–Trinajstić information content (AvgIpc) is 2.72. The van der Waals surface area contributed by atoms with Crippen LogP contribution in [0.25, 0.3) is 0 Å². The SMILES string of the molecule is CCC1CCCCN1S(=O)(=O)c1ccc(C(=O)NCc2ccncc2)cc1. The second kappa shape index (κ2) is 8.63. The van der Waals surface area contributed by atoms with Crippen molar-refractivity contribution in [1.82, 2.24) is 14.6 Å². The molecule has 1 saturated heterocycles. The third kappa shape index (κ3) is 4.54. The van der Waals surface area contributed by atoms with Crippen LogP contribution in [-0.2, 0) is 16.6 Å². The van der Waals surface area contributed by atoms with Crippen molar-refractivity contribution in [2.24, 2.45) is 0 Å². The van der Waals surface area contributed by atoms with Crippen LogP contribution in [0.2, 0.25) is 0 Å². The van der Waals surface area contributed by atoms with Crippen molar-refractivity contribution < 1.29 is 13.2 Å². The summed E-state index contributed by atoms with van der Waals surface area (Å²) in [5.41, 5.74) is 1.39. The van der Waals surface area contributed by atoms with Crippen molar-refractivity contribution >= 4 is 15.9 Å². The lowest BCUT2D eigenvalue weighted by Gasteiger charge is -2.34. The molecule has 0 bridgehead atoms. The molecule has 1 unspecified atom stereocenters. The van der Waals surface area contributed by atoms with Gasteiger partial charge in [0.1, 0.15) is 0 Å². The summed E-state index contributed by atoms with van der Waals surface area (Å²) in [6, 6.07) is 9.92. The van der Waals surface area contributed by atoms with Gasteiger partial charge in [-0.15, -0.1) is 0 Å². The molecule has 6 nitrogen and oxygen atoms in total. The van der Waals surface area contributed by atoms with Gasteiger partial charge in [0.15, 0.2) is 0 Å². The van der Waals surface area contributed by atoms with E-state index >= 15 is 0 Å². The predicted molar refractivity (Wildman–Crippen MR) is 104 cm³/mol. The summed E-state index contributed by atoms with van der Waals surface area (Å²) < 4.78 is 27.6. The number of hydrogen-bond acceptors (Lipinski definition) is 4. The molecular formula is C20H25N3O3S. The Morgan fingerprint density at radius 1 is 1.15 bits per heavy atom. The van der Waals surface area contributed by atoms with Gasteiger partial charge in [0.2, 0.25) is 10.0 Å². The lowest BCUT2D eigenvalue weighted by Crippen LogP contribution is -2.43. The van der Waals surface area contributed by atoms with Gasteiger partial charge in [-0.2, -0.15) is 4.31 Å². The van der Waals surface area contributed by atoms with Gasteiger partial charge in [-0.1, -0.05) is 13.3 Å². The normalized spacial score (nSPS) is 18.2. The quantitative estimate of drug-likeness (QED) is 0.826. The van der Waals surface area contributed by atoms with Crippen LogP contribution in [0.15, 0.2) is 53.7 Å². The zero-order chi connectivity index (χ0) is 19.3. The Morgan fingerprint density at radius 2 is 1.85 bits per heavy atom. The third-order valence-corrected chi connectivity index (χ3v) is 6.94. The van der Waals surface area contributed by atoms with Gasteiger partial charge in [0.25, 0.3) is 5.91 Å². The van der Waals surface area contributed by atoms with E-state index in [0.717, 1.165) is 31.2 Å². The Labute approximate surface area is 160 Å². The van der Waals surface area contributed by atoms with Gasteiger partial charge < -0.3 is 5.32 Å². The van der Waals surface area contributed by atoms with E-state index in [0.29, 0.717) is 18.7 Å². The second-order valence-corrected chi connectivity index (χ2v) is 8.63. The molecule has 1 fully saturated rings. The fourth-order valence-corrected chi connectivity index (χ4v) is 5.16. The van der Waals surface area contributed by atoms with E-state index in [1.54, 1.807) is 28.8 Å². The molecule has 3 rings (SSSR count). The second-order valence-electron chi connectivity index (χ2n) is 6.74. The Morgan fingerprint density at radius 3 is 2.52 bits per heavy atom. The Hall–Kier alpha value is -2.25. The van der Waals surface area contributed by atoms with Crippen molar-refractivity contribution in [1.29, 1.82) is 0 Å². The number of nitrogens with one attached hydrogen (secondary N) is 1. The van der Waals surface area contributed by atoms with Crippen LogP contribution in [0.5, 0.6) is 0 Å². The van der Waals surface area contributed by atoms with E-state index in [4.69, 9.17) is 0 Å². The molecule has 1 atom stereocenters. The molecule has 0 saturated carbocycles. The summed E-state index contributed by atoms with van der Waals surface area (Å²) in [6.45, 7) is 2.98. The number of carbonyl (C=O) groups is 1. The van der Waals surface area contributed by atoms with Gasteiger partial charge in [-0.05, 0) is 61.2 Å². The highest BCUT2D eigenvalue weighted by molar-refractivity contribution is 7.89. The van der Waals surface area contributed by atoms with Crippen LogP contribution in [-0.4, -0.2) is 36.2 Å². The first-order chi connectivity index (χ1) is 13.0. The highest BCUT2D eigenvalue weighted by Crippen LogP contribution is 2.27. The summed E-state index contributed by atoms with van der Waals surface area (Å²) >= 11 is 0. The van der Waals surface area contributed by atoms with Crippen molar-refractivity contribution in [2.45, 2.75) is 50.1 Å². The van der Waals surface area contributed by atoms with E-state index in [1.807, 2.05) is 19.1 Å². The lowest BCUT2D eigenvalue weighted by molar-refractivity contribution is 0.0950. The first-order valence-corrected chi connectivity index (χ1v) is 10.8. The minimum absolute atomic E-state index is 0.0621. The van der Waals surface area contributed by atoms with Crippen molar-refractivity contribution in [2.75, 3.05) is 6.54 Å². The number of amides is 1. The van der Waals surface area contributed by atoms with Crippen LogP contribution in [0.4, 0.5) is 0 Å². The molecule has 1 aliphatic heterocycles. The lowest BCUT2D eigenvalue weighted by atomic mass is 10.0. The number of aromatic nitrogens is 1. The van der Waals surface area contributed by atoms with Crippen LogP contribution >= 0.6 is 0 Å². The number of sulfonamides is 1. The van der Waals surface area contributed by atoms with Crippen LogP contribution < -0.4 is 5.32 Å². The summed E-state index contributed by atoms with van der Waals surface area (Å²) in [6.07, 6.45) is 7.03. The van der Waals surface area contributed by atoms with Crippen LogP contribution in [0.1, 0.15) is 48.5 Å². The molecule has 1 aromatic heterocycles. The molecule has 144 valence electrons. The van der Waals surface area contributed by atoms with Gasteiger partial charge in [-0.25, -0.2) is 8.42 Å². The van der Waals surface area contributed by atoms with Gasteiger partial charge >= 0.3 is 0 Å². The van der Waals surface area contributed by atoms with Crippen molar-refractivity contribution in [3.63, 3.8) is 0 Å². The molecule has 1 N–H and O–H groups in total. The fraction of sp³-hybridized carbons (Fsp3) is 0.400. The van der Waals surface area contributed by atoms with Gasteiger partial charge in [0.05, 0.1) is 4.90 Å². The molecule has 0 spiro atoms. The maximum Gasteiger partial charge on any atom is 0.251 e. The Kier molecular flexibility index (Phi) is 6.23. The summed E-state index contributed by atoms with van der Waals surface area (Å²) in [7, 11) is -3.53. The zero-order valence-electron chi connectivity index (χ0n) is 15.5. The molecule has 1 amide bonds. The number of pyridine rings is 1. The van der Waals surface area contributed by atoms with Gasteiger partial charge in [0, 0.05) is 37.1 Å². The smallest absolute Gasteiger partial charge is 0.251 e. The number of hydrogen-bond donors (Lipinski definition) is 1. The van der Waals surface area contributed by atoms with Crippen molar-refractivity contribution in [3.8, 4) is 0 Å². The topological polar surface area (TPSA) is 79.4 Å². The molecule has 7 heteroatoms. The minimum atomic E-state index is -3.53. The van der Waals surface area contributed by atoms with Crippen LogP contribution in [0.3, 0.4) is 0 Å². The highest BCUT2D eigenvalue weighted by atomic mass is 32.2. The molecule has 27 heavy (non-hydrogen) atoms. The number of benzene rings is 1. The number of nitrogens with zero attached hydrogens (tertiary/aromatic N) is 2. The van der Waals surface area contributed by atoms with E-state index in [-0.39, 0.29) is 16.8 Å². The standard InChI is InChI=1S/C20H25N3O3S/c1-2-18-5-3-4-14-23(18)27(25,26)19-8-6-17(7-9-19)20(24)22-15-16-10-12-21-13-11-16/h6-13,18H,2-5,14-15H2,1H3,(H,22,24). The Balaban J connectivity index is 1.69. The molecule has 1 aliphatic rings. The molecule has 2 aromatic rings. The highest BCUT2D eigenvalue weighted by Gasteiger charge is 2.32. The first-order valence-electron chi connectivity index (χ1n) is 9.31. The third-order valence-electron chi connectivity index (χ3n) is 4.97. The number of piperidine rings is 1. The first kappa shape index (κ1) is 19.5. The minimum Gasteiger partial charge on any atom is -0.348 e. The maximum atomic E-state index is 13.0. The molecule has 1 aromatic carbocycles. The number of carbonyl (C=O) groups excluding carboxylic acids is 1. The predicted octanol–water partition coefficient (Wildman–Crippen LogP) is 2.96.